The maximum atomic E-state index is 12.9. The molecule has 132 valence electrons. The second kappa shape index (κ2) is 5.72. The molecule has 2 aliphatic heterocycles. The highest BCUT2D eigenvalue weighted by Crippen LogP contribution is 2.34. The first-order chi connectivity index (χ1) is 11.4. The molecule has 3 unspecified atom stereocenters. The first-order valence-electron chi connectivity index (χ1n) is 8.47. The lowest BCUT2D eigenvalue weighted by Crippen LogP contribution is -2.48. The van der Waals surface area contributed by atoms with Crippen LogP contribution in [0.3, 0.4) is 0 Å². The normalized spacial score (nSPS) is 30.1. The van der Waals surface area contributed by atoms with E-state index in [1.807, 2.05) is 0 Å². The van der Waals surface area contributed by atoms with Gasteiger partial charge in [-0.3, -0.25) is 4.79 Å². The van der Waals surface area contributed by atoms with Crippen molar-refractivity contribution in [3.8, 4) is 0 Å². The Morgan fingerprint density at radius 2 is 1.96 bits per heavy atom. The fourth-order valence-electron chi connectivity index (χ4n) is 4.29. The molecule has 3 heterocycles. The minimum atomic E-state index is -4.51. The number of nitrogens with zero attached hydrogens (tertiary/aromatic N) is 4. The number of fused-ring (bicyclic) bond motifs is 2. The smallest absolute Gasteiger partial charge is 0.332 e. The summed E-state index contributed by atoms with van der Waals surface area (Å²) >= 11 is 0. The van der Waals surface area contributed by atoms with Gasteiger partial charge in [0.15, 0.2) is 5.82 Å². The van der Waals surface area contributed by atoms with E-state index in [1.54, 1.807) is 4.90 Å². The van der Waals surface area contributed by atoms with E-state index in [0.717, 1.165) is 23.8 Å². The van der Waals surface area contributed by atoms with E-state index >= 15 is 0 Å². The van der Waals surface area contributed by atoms with Crippen LogP contribution in [0.2, 0.25) is 0 Å². The Hall–Kier alpha value is -1.64. The number of hydrogen-bond donors (Lipinski definition) is 1. The topological polar surface area (TPSA) is 63.1 Å². The number of carbonyl (C=O) groups is 1. The Balaban J connectivity index is 1.45. The molecular weight excluding hydrogens is 323 g/mol. The molecule has 4 rings (SSSR count). The summed E-state index contributed by atoms with van der Waals surface area (Å²) in [7, 11) is 0. The third-order valence-electron chi connectivity index (χ3n) is 5.48. The van der Waals surface area contributed by atoms with E-state index < -0.39 is 12.0 Å². The van der Waals surface area contributed by atoms with Gasteiger partial charge in [0.2, 0.25) is 11.7 Å². The minimum Gasteiger partial charge on any atom is -0.332 e. The highest BCUT2D eigenvalue weighted by molar-refractivity contribution is 5.82. The second-order valence-electron chi connectivity index (χ2n) is 6.96. The molecule has 24 heavy (non-hydrogen) atoms. The molecule has 2 fully saturated rings. The molecule has 1 saturated heterocycles. The summed E-state index contributed by atoms with van der Waals surface area (Å²) in [6.07, 6.45) is 1.00. The standard InChI is InChI=1S/C15H20F3N5O/c16-15(17,18)14-21-20-12-8-22(5-6-23(12)14)13(24)11-7-9-3-1-2-4-10(9)19-11/h9-11,19H,1-8H2. The van der Waals surface area contributed by atoms with E-state index in [0.29, 0.717) is 12.0 Å². The van der Waals surface area contributed by atoms with Crippen LogP contribution in [-0.2, 0) is 24.1 Å². The first-order valence-corrected chi connectivity index (χ1v) is 8.47. The predicted molar refractivity (Wildman–Crippen MR) is 77.7 cm³/mol. The third-order valence-corrected chi connectivity index (χ3v) is 5.48. The molecule has 0 bridgehead atoms. The van der Waals surface area contributed by atoms with Crippen molar-refractivity contribution in [3.63, 3.8) is 0 Å². The van der Waals surface area contributed by atoms with Gasteiger partial charge in [-0.15, -0.1) is 10.2 Å². The zero-order valence-electron chi connectivity index (χ0n) is 13.2. The molecule has 1 N–H and O–H groups in total. The minimum absolute atomic E-state index is 0.0211. The summed E-state index contributed by atoms with van der Waals surface area (Å²) in [6.45, 7) is 0.443. The molecule has 1 saturated carbocycles. The highest BCUT2D eigenvalue weighted by Gasteiger charge is 2.42. The lowest BCUT2D eigenvalue weighted by atomic mass is 9.85. The van der Waals surface area contributed by atoms with Crippen molar-refractivity contribution in [3.05, 3.63) is 11.6 Å². The van der Waals surface area contributed by atoms with E-state index in [1.165, 1.54) is 12.8 Å². The Kier molecular flexibility index (Phi) is 3.78. The van der Waals surface area contributed by atoms with E-state index in [2.05, 4.69) is 15.5 Å². The van der Waals surface area contributed by atoms with Crippen LogP contribution in [0.4, 0.5) is 13.2 Å². The zero-order chi connectivity index (χ0) is 16.9. The van der Waals surface area contributed by atoms with Crippen LogP contribution >= 0.6 is 0 Å². The maximum Gasteiger partial charge on any atom is 0.451 e. The van der Waals surface area contributed by atoms with Gasteiger partial charge in [0.25, 0.3) is 0 Å². The number of halogens is 3. The summed E-state index contributed by atoms with van der Waals surface area (Å²) < 4.78 is 39.7. The molecule has 9 heteroatoms. The van der Waals surface area contributed by atoms with E-state index in [4.69, 9.17) is 0 Å². The number of alkyl halides is 3. The van der Waals surface area contributed by atoms with E-state index in [9.17, 15) is 18.0 Å². The van der Waals surface area contributed by atoms with Crippen molar-refractivity contribution in [1.29, 1.82) is 0 Å². The fraction of sp³-hybridized carbons (Fsp3) is 0.800. The van der Waals surface area contributed by atoms with Gasteiger partial charge < -0.3 is 14.8 Å². The Morgan fingerprint density at radius 3 is 2.71 bits per heavy atom. The predicted octanol–water partition coefficient (Wildman–Crippen LogP) is 1.56. The molecular formula is C15H20F3N5O. The van der Waals surface area contributed by atoms with Crippen LogP contribution in [0.15, 0.2) is 0 Å². The average molecular weight is 343 g/mol. The number of aromatic nitrogens is 3. The fourth-order valence-corrected chi connectivity index (χ4v) is 4.29. The summed E-state index contributed by atoms with van der Waals surface area (Å²) in [5, 5.41) is 10.3. The average Bonchev–Trinajstić information content (AvgIpc) is 3.16. The van der Waals surface area contributed by atoms with Crippen LogP contribution in [0, 0.1) is 5.92 Å². The molecule has 1 aromatic rings. The highest BCUT2D eigenvalue weighted by atomic mass is 19.4. The maximum absolute atomic E-state index is 12.9. The SMILES string of the molecule is O=C(C1CC2CCCCC2N1)N1CCn2c(nnc2C(F)(F)F)C1. The molecule has 1 amide bonds. The van der Waals surface area contributed by atoms with Gasteiger partial charge in [0, 0.05) is 19.1 Å². The van der Waals surface area contributed by atoms with Crippen molar-refractivity contribution in [2.45, 2.75) is 63.5 Å². The molecule has 0 aromatic carbocycles. The Labute approximate surface area is 137 Å². The monoisotopic (exact) mass is 343 g/mol. The van der Waals surface area contributed by atoms with Crippen molar-refractivity contribution in [2.75, 3.05) is 6.54 Å². The van der Waals surface area contributed by atoms with Gasteiger partial charge in [-0.1, -0.05) is 12.8 Å². The Bertz CT molecular complexity index is 630. The number of hydrogen-bond acceptors (Lipinski definition) is 4. The first kappa shape index (κ1) is 15.9. The zero-order valence-corrected chi connectivity index (χ0v) is 13.2. The third kappa shape index (κ3) is 2.68. The van der Waals surface area contributed by atoms with E-state index in [-0.39, 0.29) is 37.4 Å². The second-order valence-corrected chi connectivity index (χ2v) is 6.96. The van der Waals surface area contributed by atoms with Crippen LogP contribution in [0.25, 0.3) is 0 Å². The molecule has 0 spiro atoms. The largest absolute Gasteiger partial charge is 0.451 e. The summed E-state index contributed by atoms with van der Waals surface area (Å²) in [6, 6.07) is 0.202. The molecule has 1 aliphatic carbocycles. The molecule has 3 atom stereocenters. The summed E-state index contributed by atoms with van der Waals surface area (Å²) in [5.74, 6) is -0.239. The number of amides is 1. The van der Waals surface area contributed by atoms with Gasteiger partial charge in [-0.2, -0.15) is 13.2 Å². The quantitative estimate of drug-likeness (QED) is 0.841. The Morgan fingerprint density at radius 1 is 1.17 bits per heavy atom. The van der Waals surface area contributed by atoms with Crippen molar-refractivity contribution in [2.24, 2.45) is 5.92 Å². The number of nitrogens with one attached hydrogen (secondary N) is 1. The van der Waals surface area contributed by atoms with Crippen LogP contribution in [-0.4, -0.2) is 44.2 Å². The molecule has 1 aromatic heterocycles. The number of carbonyl (C=O) groups excluding carboxylic acids is 1. The van der Waals surface area contributed by atoms with Gasteiger partial charge in [-0.05, 0) is 25.2 Å². The lowest BCUT2D eigenvalue weighted by molar-refractivity contribution is -0.148. The number of rotatable bonds is 1. The van der Waals surface area contributed by atoms with Crippen LogP contribution in [0.5, 0.6) is 0 Å². The van der Waals surface area contributed by atoms with Crippen molar-refractivity contribution < 1.29 is 18.0 Å². The van der Waals surface area contributed by atoms with Crippen LogP contribution in [0.1, 0.15) is 43.8 Å². The van der Waals surface area contributed by atoms with Crippen molar-refractivity contribution >= 4 is 5.91 Å². The van der Waals surface area contributed by atoms with Gasteiger partial charge in [-0.25, -0.2) is 0 Å². The van der Waals surface area contributed by atoms with Gasteiger partial charge >= 0.3 is 6.18 Å². The molecule has 0 radical (unpaired) electrons. The van der Waals surface area contributed by atoms with Gasteiger partial charge in [0.1, 0.15) is 0 Å². The lowest BCUT2D eigenvalue weighted by Gasteiger charge is -2.30. The van der Waals surface area contributed by atoms with Crippen molar-refractivity contribution in [1.82, 2.24) is 25.0 Å². The van der Waals surface area contributed by atoms with Crippen LogP contribution < -0.4 is 5.32 Å². The molecule has 3 aliphatic rings. The summed E-state index contributed by atoms with van der Waals surface area (Å²) in [5.41, 5.74) is 0. The summed E-state index contributed by atoms with van der Waals surface area (Å²) in [4.78, 5) is 14.4. The van der Waals surface area contributed by atoms with Gasteiger partial charge in [0.05, 0.1) is 12.6 Å². The molecule has 6 nitrogen and oxygen atoms in total.